The number of piperidine rings is 2. The molecular weight excluding hydrogens is 1000 g/mol. The number of hydrogen-bond donors (Lipinski definition) is 4. The Kier molecular flexibility index (Phi) is 20.5. The predicted molar refractivity (Wildman–Crippen MR) is 303 cm³/mol. The van der Waals surface area contributed by atoms with Crippen LogP contribution in [0.1, 0.15) is 116 Å². The van der Waals surface area contributed by atoms with Gasteiger partial charge in [-0.25, -0.2) is 4.98 Å². The van der Waals surface area contributed by atoms with Crippen LogP contribution >= 0.6 is 19.7 Å². The molecule has 4 aliphatic heterocycles. The number of carbonyl (C=O) groups is 2. The second-order valence-electron chi connectivity index (χ2n) is 20.8. The first kappa shape index (κ1) is 56.5. The minimum atomic E-state index is -0.475. The number of hydrogen-bond acceptors (Lipinski definition) is 15. The summed E-state index contributed by atoms with van der Waals surface area (Å²) in [7, 11) is -0.457. The Hall–Kier alpha value is -5.74. The third kappa shape index (κ3) is 15.0. The Balaban J connectivity index is 0.000000193. The van der Waals surface area contributed by atoms with Crippen molar-refractivity contribution in [3.63, 3.8) is 0 Å². The summed E-state index contributed by atoms with van der Waals surface area (Å²) in [6.45, 7) is 15.6. The molecule has 76 heavy (non-hydrogen) atoms. The van der Waals surface area contributed by atoms with E-state index in [1.165, 1.54) is 18.5 Å². The molecule has 7 heterocycles. The number of nitrogen functional groups attached to an aromatic ring is 1. The SMILES string of the molecule is CC(NC(=O)C1CCCN1C(=O)Cc1cc(N2CCC(CN3CCC(O)CC3)CC2)no1)c1ccc(Cl)cc1.CCC.CCCP1CN(c2cc(-c3ccccc3O)nnc2N)CCN1c1ccnc(OC2CCC2)c1. The molecule has 0 radical (unpaired) electrons. The number of benzene rings is 2. The molecule has 5 aromatic rings. The summed E-state index contributed by atoms with van der Waals surface area (Å²) in [5.74, 6) is 3.05. The van der Waals surface area contributed by atoms with Gasteiger partial charge >= 0.3 is 0 Å². The summed E-state index contributed by atoms with van der Waals surface area (Å²) in [4.78, 5) is 39.4. The van der Waals surface area contributed by atoms with Gasteiger partial charge in [-0.1, -0.05) is 74.6 Å². The lowest BCUT2D eigenvalue weighted by atomic mass is 9.95. The number of likely N-dealkylation sites (tertiary alicyclic amines) is 2. The lowest BCUT2D eigenvalue weighted by Gasteiger charge is -2.43. The molecule has 4 saturated heterocycles. The van der Waals surface area contributed by atoms with Gasteiger partial charge in [-0.05, 0) is 119 Å². The zero-order chi connectivity index (χ0) is 53.6. The van der Waals surface area contributed by atoms with Crippen LogP contribution in [0.25, 0.3) is 11.3 Å². The van der Waals surface area contributed by atoms with Crippen molar-refractivity contribution in [2.75, 3.05) is 85.0 Å². The number of aromatic hydroxyl groups is 1. The highest BCUT2D eigenvalue weighted by molar-refractivity contribution is 7.59. The molecule has 2 amide bonds. The number of amides is 2. The molecular formula is C57H79ClN11O6P. The number of aliphatic hydroxyl groups excluding tert-OH is 1. The zero-order valence-electron chi connectivity index (χ0n) is 44.9. The van der Waals surface area contributed by atoms with Gasteiger partial charge < -0.3 is 54.8 Å². The van der Waals surface area contributed by atoms with Crippen LogP contribution in [0.4, 0.5) is 23.0 Å². The second kappa shape index (κ2) is 27.5. The Labute approximate surface area is 455 Å². The van der Waals surface area contributed by atoms with Crippen LogP contribution in [0.3, 0.4) is 0 Å². The molecule has 1 saturated carbocycles. The number of para-hydroxylation sites is 1. The van der Waals surface area contributed by atoms with Crippen molar-refractivity contribution < 1.29 is 29.1 Å². The first-order valence-corrected chi connectivity index (χ1v) is 29.7. The topological polar surface area (TPSA) is 203 Å². The largest absolute Gasteiger partial charge is 0.507 e. The number of nitrogens with two attached hydrogens (primary N) is 1. The van der Waals surface area contributed by atoms with Gasteiger partial charge in [0.2, 0.25) is 17.7 Å². The molecule has 1 aliphatic carbocycles. The third-order valence-corrected chi connectivity index (χ3v) is 17.9. The molecule has 3 unspecified atom stereocenters. The number of nitrogens with zero attached hydrogens (tertiary/aromatic N) is 9. The van der Waals surface area contributed by atoms with E-state index in [0.717, 1.165) is 133 Å². The van der Waals surface area contributed by atoms with E-state index in [2.05, 4.69) is 77.9 Å². The second-order valence-corrected chi connectivity index (χ2v) is 23.5. The van der Waals surface area contributed by atoms with Gasteiger partial charge in [0.05, 0.1) is 36.2 Å². The molecule has 0 spiro atoms. The van der Waals surface area contributed by atoms with Gasteiger partial charge in [-0.15, -0.1) is 10.2 Å². The highest BCUT2D eigenvalue weighted by Crippen LogP contribution is 2.49. The fourth-order valence-corrected chi connectivity index (χ4v) is 13.2. The van der Waals surface area contributed by atoms with Crippen LogP contribution in [0.2, 0.25) is 5.02 Å². The number of rotatable bonds is 15. The van der Waals surface area contributed by atoms with Gasteiger partial charge in [-0.3, -0.25) is 9.59 Å². The van der Waals surface area contributed by atoms with Crippen LogP contribution < -0.4 is 30.3 Å². The van der Waals surface area contributed by atoms with Crippen molar-refractivity contribution in [3.05, 3.63) is 95.3 Å². The summed E-state index contributed by atoms with van der Waals surface area (Å²) in [6.07, 6.45) is 15.4. The van der Waals surface area contributed by atoms with Crippen molar-refractivity contribution in [2.45, 2.75) is 129 Å². The quantitative estimate of drug-likeness (QED) is 0.0721. The standard InChI is InChI=1S/C29H40ClN5O4.C25H31N6O2P.C3H8/c1-20(22-4-6-23(30)7-5-22)31-29(38)26-3-2-12-35(26)28(37)18-25-17-27(32-39-25)34-15-8-21(9-16-34)19-33-13-10-24(36)11-14-33;1-2-14-34-17-30(22-16-21(28-29-25(22)26)20-8-3-4-9-23(20)32)12-13-31(34)18-10-11-27-24(15-18)33-19-6-5-7-19;1-3-2/h4-7,17,20-21,24,26,36H,2-3,8-16,18-19H2,1H3,(H,31,38);3-4,8-11,15-16,19,32H,2,5-7,12-14,17H2,1H3,(H2,26,29);3H2,1-2H3. The monoisotopic (exact) mass is 1080 g/mol. The van der Waals surface area contributed by atoms with Crippen LogP contribution in [0.5, 0.6) is 11.6 Å². The first-order chi connectivity index (χ1) is 36.9. The molecule has 3 aromatic heterocycles. The van der Waals surface area contributed by atoms with E-state index in [4.69, 9.17) is 26.6 Å². The predicted octanol–water partition coefficient (Wildman–Crippen LogP) is 9.68. The van der Waals surface area contributed by atoms with Crippen LogP contribution in [-0.2, 0) is 16.0 Å². The Morgan fingerprint density at radius 3 is 2.34 bits per heavy atom. The van der Waals surface area contributed by atoms with E-state index >= 15 is 0 Å². The summed E-state index contributed by atoms with van der Waals surface area (Å²) in [5.41, 5.74) is 10.6. The maximum atomic E-state index is 13.2. The fourth-order valence-electron chi connectivity index (χ4n) is 10.5. The highest BCUT2D eigenvalue weighted by Gasteiger charge is 2.36. The highest BCUT2D eigenvalue weighted by atomic mass is 35.5. The minimum absolute atomic E-state index is 0.0980. The molecule has 5 aliphatic rings. The molecule has 17 nitrogen and oxygen atoms in total. The van der Waals surface area contributed by atoms with Crippen LogP contribution in [-0.4, -0.2) is 135 Å². The first-order valence-electron chi connectivity index (χ1n) is 27.7. The molecule has 5 fully saturated rings. The smallest absolute Gasteiger partial charge is 0.243 e. The number of phenolic OH excluding ortho intramolecular Hbond substituents is 1. The van der Waals surface area contributed by atoms with Crippen LogP contribution in [0.15, 0.2) is 83.5 Å². The number of halogens is 1. The van der Waals surface area contributed by atoms with Crippen molar-refractivity contribution in [1.29, 1.82) is 0 Å². The average Bonchev–Trinajstić information content (AvgIpc) is 4.11. The Morgan fingerprint density at radius 2 is 1.63 bits per heavy atom. The van der Waals surface area contributed by atoms with Crippen molar-refractivity contribution in [1.82, 2.24) is 35.5 Å². The lowest BCUT2D eigenvalue weighted by molar-refractivity contribution is -0.138. The Morgan fingerprint density at radius 1 is 0.882 bits per heavy atom. The van der Waals surface area contributed by atoms with E-state index in [1.54, 1.807) is 29.2 Å². The molecule has 3 atom stereocenters. The van der Waals surface area contributed by atoms with Gasteiger partial charge in [0, 0.05) is 95.0 Å². The number of nitrogens with one attached hydrogen (secondary N) is 1. The summed E-state index contributed by atoms with van der Waals surface area (Å²) in [6, 6.07) is 21.9. The number of aliphatic hydroxyl groups is 1. The lowest BCUT2D eigenvalue weighted by Crippen LogP contribution is -2.47. The van der Waals surface area contributed by atoms with E-state index < -0.39 is 14.1 Å². The molecule has 0 bridgehead atoms. The van der Waals surface area contributed by atoms with Crippen molar-refractivity contribution in [3.8, 4) is 22.9 Å². The van der Waals surface area contributed by atoms with Crippen molar-refractivity contribution in [2.24, 2.45) is 5.92 Å². The fraction of sp³-hybridized carbons (Fsp3) is 0.544. The van der Waals surface area contributed by atoms with Gasteiger partial charge in [-0.2, -0.15) is 0 Å². The van der Waals surface area contributed by atoms with Crippen LogP contribution in [0, 0.1) is 5.92 Å². The van der Waals surface area contributed by atoms with Gasteiger partial charge in [0.1, 0.15) is 23.7 Å². The number of pyridine rings is 1. The maximum Gasteiger partial charge on any atom is 0.243 e. The van der Waals surface area contributed by atoms with Gasteiger partial charge in [0.15, 0.2) is 11.6 Å². The summed E-state index contributed by atoms with van der Waals surface area (Å²) in [5, 5.41) is 36.4. The maximum absolute atomic E-state index is 13.2. The van der Waals surface area contributed by atoms with E-state index in [1.807, 2.05) is 49.5 Å². The number of phenols is 1. The molecule has 410 valence electrons. The van der Waals surface area contributed by atoms with Crippen molar-refractivity contribution >= 4 is 54.5 Å². The Bertz CT molecular complexity index is 2630. The minimum Gasteiger partial charge on any atom is -0.507 e. The molecule has 2 aromatic carbocycles. The zero-order valence-corrected chi connectivity index (χ0v) is 46.6. The summed E-state index contributed by atoms with van der Waals surface area (Å²) >= 11 is 5.98. The normalized spacial score (nSPS) is 20.0. The van der Waals surface area contributed by atoms with E-state index in [9.17, 15) is 19.8 Å². The van der Waals surface area contributed by atoms with E-state index in [0.29, 0.717) is 52.8 Å². The average molecular weight is 1080 g/mol. The molecule has 10 rings (SSSR count). The number of ether oxygens (including phenoxy) is 1. The number of aromatic nitrogens is 4. The molecule has 19 heteroatoms. The summed E-state index contributed by atoms with van der Waals surface area (Å²) < 4.78 is 14.1. The van der Waals surface area contributed by atoms with E-state index in [-0.39, 0.29) is 36.1 Å². The van der Waals surface area contributed by atoms with Gasteiger partial charge in [0.25, 0.3) is 0 Å². The number of anilines is 4. The third-order valence-electron chi connectivity index (χ3n) is 14.9. The number of carbonyl (C=O) groups excluding carboxylic acids is 2. The molecule has 5 N–H and O–H groups in total.